The molecule has 0 aliphatic carbocycles. The van der Waals surface area contributed by atoms with Crippen molar-refractivity contribution in [2.24, 2.45) is 0 Å². The second-order valence-electron chi connectivity index (χ2n) is 4.52. The molecule has 0 unspecified atom stereocenters. The number of nitrogens with one attached hydrogen (secondary N) is 1. The molecule has 2 aromatic heterocycles. The van der Waals surface area contributed by atoms with E-state index in [1.807, 2.05) is 0 Å². The lowest BCUT2D eigenvalue weighted by Gasteiger charge is -2.24. The van der Waals surface area contributed by atoms with Gasteiger partial charge in [-0.3, -0.25) is 9.59 Å². The average molecular weight is 261 g/mol. The largest absolute Gasteiger partial charge is 0.480 e. The molecule has 0 radical (unpaired) electrons. The number of hydrogen-bond acceptors (Lipinski definition) is 3. The number of fused-ring (bicyclic) bond motifs is 1. The molecule has 2 N–H and O–H groups in total. The quantitative estimate of drug-likeness (QED) is 0.873. The lowest BCUT2D eigenvalue weighted by molar-refractivity contribution is -0.138. The van der Waals surface area contributed by atoms with Gasteiger partial charge in [0.25, 0.3) is 5.91 Å². The summed E-state index contributed by atoms with van der Waals surface area (Å²) in [5.74, 6) is -1.34. The van der Waals surface area contributed by atoms with Crippen LogP contribution in [0.3, 0.4) is 0 Å². The molecule has 2 heterocycles. The van der Waals surface area contributed by atoms with Crippen LogP contribution in [0.2, 0.25) is 0 Å². The Hall–Kier alpha value is -2.37. The molecule has 0 spiro atoms. The van der Waals surface area contributed by atoms with Gasteiger partial charge >= 0.3 is 5.97 Å². The fourth-order valence-electron chi connectivity index (χ4n) is 1.92. The number of carboxylic acid groups (broad SMARTS) is 1. The number of nitrogens with zero attached hydrogens (tertiary/aromatic N) is 2. The first-order valence-corrected chi connectivity index (χ1v) is 5.95. The maximum absolute atomic E-state index is 12.4. The summed E-state index contributed by atoms with van der Waals surface area (Å²) < 4.78 is 0. The van der Waals surface area contributed by atoms with Crippen LogP contribution in [0.25, 0.3) is 11.0 Å². The van der Waals surface area contributed by atoms with Gasteiger partial charge in [-0.05, 0) is 26.0 Å². The maximum atomic E-state index is 12.4. The van der Waals surface area contributed by atoms with E-state index in [9.17, 15) is 9.59 Å². The highest BCUT2D eigenvalue weighted by molar-refractivity contribution is 6.06. The molecule has 6 heteroatoms. The summed E-state index contributed by atoms with van der Waals surface area (Å²) >= 11 is 0. The molecule has 0 fully saturated rings. The predicted octanol–water partition coefficient (Wildman–Crippen LogP) is 1.50. The van der Waals surface area contributed by atoms with E-state index in [0.717, 1.165) is 0 Å². The Kier molecular flexibility index (Phi) is 3.50. The van der Waals surface area contributed by atoms with Crippen molar-refractivity contribution in [3.63, 3.8) is 0 Å². The second-order valence-corrected chi connectivity index (χ2v) is 4.52. The Balaban J connectivity index is 2.39. The van der Waals surface area contributed by atoms with Crippen molar-refractivity contribution >= 4 is 22.9 Å². The smallest absolute Gasteiger partial charge is 0.323 e. The van der Waals surface area contributed by atoms with Crippen molar-refractivity contribution in [1.82, 2.24) is 14.9 Å². The minimum absolute atomic E-state index is 0.190. The van der Waals surface area contributed by atoms with Gasteiger partial charge in [-0.1, -0.05) is 0 Å². The number of H-pyrrole nitrogens is 1. The van der Waals surface area contributed by atoms with Gasteiger partial charge in [0.1, 0.15) is 12.2 Å². The molecule has 1 amide bonds. The highest BCUT2D eigenvalue weighted by Crippen LogP contribution is 2.18. The van der Waals surface area contributed by atoms with Gasteiger partial charge in [-0.25, -0.2) is 4.98 Å². The third-order valence-electron chi connectivity index (χ3n) is 2.87. The molecule has 6 nitrogen and oxygen atoms in total. The first-order valence-electron chi connectivity index (χ1n) is 5.95. The van der Waals surface area contributed by atoms with Crippen LogP contribution < -0.4 is 0 Å². The van der Waals surface area contributed by atoms with E-state index in [0.29, 0.717) is 16.6 Å². The Labute approximate surface area is 110 Å². The fourth-order valence-corrected chi connectivity index (χ4v) is 1.92. The Morgan fingerprint density at radius 3 is 2.84 bits per heavy atom. The van der Waals surface area contributed by atoms with Gasteiger partial charge < -0.3 is 15.0 Å². The molecule has 0 bridgehead atoms. The lowest BCUT2D eigenvalue weighted by atomic mass is 10.1. The highest BCUT2D eigenvalue weighted by Gasteiger charge is 2.23. The van der Waals surface area contributed by atoms with Crippen molar-refractivity contribution in [3.05, 3.63) is 30.1 Å². The Morgan fingerprint density at radius 2 is 2.21 bits per heavy atom. The van der Waals surface area contributed by atoms with Crippen molar-refractivity contribution in [3.8, 4) is 0 Å². The van der Waals surface area contributed by atoms with E-state index in [1.54, 1.807) is 38.4 Å². The Morgan fingerprint density at radius 1 is 1.47 bits per heavy atom. The Bertz CT molecular complexity index is 618. The van der Waals surface area contributed by atoms with E-state index in [4.69, 9.17) is 5.11 Å². The van der Waals surface area contributed by atoms with Crippen LogP contribution in [0.5, 0.6) is 0 Å². The molecule has 19 heavy (non-hydrogen) atoms. The number of hydrogen-bond donors (Lipinski definition) is 2. The van der Waals surface area contributed by atoms with Crippen LogP contribution in [0.15, 0.2) is 24.5 Å². The molecule has 0 aliphatic rings. The van der Waals surface area contributed by atoms with E-state index < -0.39 is 5.97 Å². The van der Waals surface area contributed by atoms with Crippen LogP contribution in [0.4, 0.5) is 0 Å². The van der Waals surface area contributed by atoms with Gasteiger partial charge in [0.2, 0.25) is 0 Å². The summed E-state index contributed by atoms with van der Waals surface area (Å²) in [7, 11) is 0. The third kappa shape index (κ3) is 2.57. The summed E-state index contributed by atoms with van der Waals surface area (Å²) in [6, 6.07) is 3.33. The van der Waals surface area contributed by atoms with E-state index >= 15 is 0 Å². The zero-order valence-corrected chi connectivity index (χ0v) is 10.8. The molecule has 2 rings (SSSR count). The molecular weight excluding hydrogens is 246 g/mol. The molecule has 100 valence electrons. The molecule has 2 aromatic rings. The van der Waals surface area contributed by atoms with Crippen molar-refractivity contribution in [1.29, 1.82) is 0 Å². The van der Waals surface area contributed by atoms with Crippen LogP contribution in [0, 0.1) is 0 Å². The number of rotatable bonds is 4. The standard InChI is InChI=1S/C13H15N3O3/c1-8(2)16(7-11(17)18)13(19)10-6-15-12-9(10)4-3-5-14-12/h3-6,8H,7H2,1-2H3,(H,14,15)(H,17,18). The monoisotopic (exact) mass is 261 g/mol. The van der Waals surface area contributed by atoms with E-state index in [2.05, 4.69) is 9.97 Å². The molecule has 0 aliphatic heterocycles. The van der Waals surface area contributed by atoms with Gasteiger partial charge in [0, 0.05) is 23.8 Å². The van der Waals surface area contributed by atoms with Crippen LogP contribution >= 0.6 is 0 Å². The molecule has 0 saturated heterocycles. The summed E-state index contributed by atoms with van der Waals surface area (Å²) in [6.07, 6.45) is 3.20. The predicted molar refractivity (Wildman–Crippen MR) is 69.9 cm³/mol. The zero-order valence-electron chi connectivity index (χ0n) is 10.8. The van der Waals surface area contributed by atoms with Gasteiger partial charge in [-0.2, -0.15) is 0 Å². The summed E-state index contributed by atoms with van der Waals surface area (Å²) in [4.78, 5) is 31.6. The van der Waals surface area contributed by atoms with E-state index in [1.165, 1.54) is 4.90 Å². The molecule has 0 saturated carbocycles. The maximum Gasteiger partial charge on any atom is 0.323 e. The first kappa shape index (κ1) is 13.1. The topological polar surface area (TPSA) is 86.3 Å². The second kappa shape index (κ2) is 5.09. The number of carbonyl (C=O) groups is 2. The number of aliphatic carboxylic acids is 1. The minimum Gasteiger partial charge on any atom is -0.480 e. The van der Waals surface area contributed by atoms with Crippen molar-refractivity contribution < 1.29 is 14.7 Å². The number of amides is 1. The molecule has 0 atom stereocenters. The van der Waals surface area contributed by atoms with Crippen LogP contribution in [-0.4, -0.2) is 44.4 Å². The summed E-state index contributed by atoms with van der Waals surface area (Å²) in [6.45, 7) is 3.26. The van der Waals surface area contributed by atoms with Gasteiger partial charge in [0.05, 0.1) is 5.56 Å². The molecular formula is C13H15N3O3. The third-order valence-corrected chi connectivity index (χ3v) is 2.87. The number of aromatic nitrogens is 2. The lowest BCUT2D eigenvalue weighted by Crippen LogP contribution is -2.40. The summed E-state index contributed by atoms with van der Waals surface area (Å²) in [5.41, 5.74) is 1.06. The first-order chi connectivity index (χ1) is 9.00. The van der Waals surface area contributed by atoms with Gasteiger partial charge in [0.15, 0.2) is 0 Å². The van der Waals surface area contributed by atoms with Crippen LogP contribution in [0.1, 0.15) is 24.2 Å². The van der Waals surface area contributed by atoms with Crippen molar-refractivity contribution in [2.45, 2.75) is 19.9 Å². The fraction of sp³-hybridized carbons (Fsp3) is 0.308. The molecule has 0 aromatic carbocycles. The van der Waals surface area contributed by atoms with Crippen LogP contribution in [-0.2, 0) is 4.79 Å². The number of pyridine rings is 1. The highest BCUT2D eigenvalue weighted by atomic mass is 16.4. The normalized spacial score (nSPS) is 10.9. The van der Waals surface area contributed by atoms with E-state index in [-0.39, 0.29) is 18.5 Å². The summed E-state index contributed by atoms with van der Waals surface area (Å²) in [5, 5.41) is 9.58. The number of aromatic amines is 1. The SMILES string of the molecule is CC(C)N(CC(=O)O)C(=O)c1c[nH]c2ncccc12. The minimum atomic E-state index is -1.03. The van der Waals surface area contributed by atoms with Gasteiger partial charge in [-0.15, -0.1) is 0 Å². The number of carbonyl (C=O) groups excluding carboxylic acids is 1. The number of carboxylic acids is 1. The van der Waals surface area contributed by atoms with Crippen molar-refractivity contribution in [2.75, 3.05) is 6.54 Å². The zero-order chi connectivity index (χ0) is 14.0. The average Bonchev–Trinajstić information content (AvgIpc) is 2.78.